The van der Waals surface area contributed by atoms with E-state index in [9.17, 15) is 4.79 Å². The third-order valence-corrected chi connectivity index (χ3v) is 6.40. The number of nitrogens with one attached hydrogen (secondary N) is 1. The topological polar surface area (TPSA) is 107 Å². The number of nitrogens with two attached hydrogens (primary N) is 1. The molecule has 1 fully saturated rings. The lowest BCUT2D eigenvalue weighted by Gasteiger charge is -2.25. The van der Waals surface area contributed by atoms with Gasteiger partial charge in [-0.1, -0.05) is 12.1 Å². The first-order valence-electron chi connectivity index (χ1n) is 11.4. The summed E-state index contributed by atoms with van der Waals surface area (Å²) < 4.78 is 5.71. The number of benzene rings is 1. The molecule has 1 aliphatic rings. The van der Waals surface area contributed by atoms with E-state index < -0.39 is 0 Å². The molecule has 1 saturated carbocycles. The fourth-order valence-corrected chi connectivity index (χ4v) is 4.50. The Morgan fingerprint density at radius 2 is 2.00 bits per heavy atom. The van der Waals surface area contributed by atoms with Gasteiger partial charge in [-0.2, -0.15) is 5.10 Å². The average molecular weight is 442 g/mol. The summed E-state index contributed by atoms with van der Waals surface area (Å²) in [7, 11) is 0. The molecular weight excluding hydrogens is 414 g/mol. The maximum atomic E-state index is 13.0. The predicted octanol–water partition coefficient (Wildman–Crippen LogP) is 4.67. The van der Waals surface area contributed by atoms with Crippen molar-refractivity contribution in [2.24, 2.45) is 11.7 Å². The molecule has 3 aromatic heterocycles. The number of aromatic amines is 1. The van der Waals surface area contributed by atoms with Crippen LogP contribution in [0.25, 0.3) is 33.4 Å². The average Bonchev–Trinajstić information content (AvgIpc) is 3.33. The zero-order valence-corrected chi connectivity index (χ0v) is 18.6. The largest absolute Gasteiger partial charge is 0.462 e. The minimum atomic E-state index is -0.317. The first-order valence-corrected chi connectivity index (χ1v) is 11.4. The standard InChI is InChI=1S/C26H27N5O2/c1-16-3-2-4-24(30-16)25-22(14-29-31-25)18-7-10-23-21(13-18)20(11-12-28-23)26(32)33-15-17-5-8-19(27)9-6-17/h2-4,7,10-14,17,19H,5-6,8-9,15,27H2,1H3,(H,29,31). The maximum Gasteiger partial charge on any atom is 0.338 e. The molecule has 0 saturated heterocycles. The Bertz CT molecular complexity index is 1290. The monoisotopic (exact) mass is 441 g/mol. The van der Waals surface area contributed by atoms with Gasteiger partial charge in [0.15, 0.2) is 0 Å². The van der Waals surface area contributed by atoms with Crippen LogP contribution in [0.2, 0.25) is 0 Å². The molecule has 1 aliphatic carbocycles. The Labute approximate surface area is 192 Å². The zero-order valence-electron chi connectivity index (χ0n) is 18.6. The number of carbonyl (C=O) groups is 1. The number of fused-ring (bicyclic) bond motifs is 1. The van der Waals surface area contributed by atoms with Gasteiger partial charge in [-0.3, -0.25) is 15.1 Å². The van der Waals surface area contributed by atoms with E-state index in [-0.39, 0.29) is 12.0 Å². The smallest absolute Gasteiger partial charge is 0.338 e. The molecule has 1 aromatic carbocycles. The molecule has 0 amide bonds. The first-order chi connectivity index (χ1) is 16.1. The van der Waals surface area contributed by atoms with Crippen LogP contribution < -0.4 is 5.73 Å². The molecular formula is C26H27N5O2. The number of hydrogen-bond acceptors (Lipinski definition) is 6. The third kappa shape index (κ3) is 4.50. The van der Waals surface area contributed by atoms with Crippen LogP contribution in [0.3, 0.4) is 0 Å². The summed E-state index contributed by atoms with van der Waals surface area (Å²) in [6.07, 6.45) is 7.43. The SMILES string of the molecule is Cc1cccc(-c2[nH]ncc2-c2ccc3nccc(C(=O)OCC4CCC(N)CC4)c3c2)n1. The van der Waals surface area contributed by atoms with Crippen LogP contribution in [0.15, 0.2) is 54.9 Å². The van der Waals surface area contributed by atoms with E-state index in [1.54, 1.807) is 18.5 Å². The number of esters is 1. The van der Waals surface area contributed by atoms with E-state index in [0.717, 1.165) is 64.8 Å². The highest BCUT2D eigenvalue weighted by molar-refractivity contribution is 6.04. The normalized spacial score (nSPS) is 18.4. The summed E-state index contributed by atoms with van der Waals surface area (Å²) in [5, 5.41) is 8.07. The summed E-state index contributed by atoms with van der Waals surface area (Å²) >= 11 is 0. The second-order valence-electron chi connectivity index (χ2n) is 8.79. The Morgan fingerprint density at radius 3 is 2.82 bits per heavy atom. The Morgan fingerprint density at radius 1 is 1.15 bits per heavy atom. The second kappa shape index (κ2) is 9.11. The molecule has 33 heavy (non-hydrogen) atoms. The molecule has 0 spiro atoms. The fourth-order valence-electron chi connectivity index (χ4n) is 4.50. The van der Waals surface area contributed by atoms with Crippen molar-refractivity contribution >= 4 is 16.9 Å². The molecule has 0 atom stereocenters. The number of H-pyrrole nitrogens is 1. The Hall–Kier alpha value is -3.58. The molecule has 5 rings (SSSR count). The molecule has 0 aliphatic heterocycles. The predicted molar refractivity (Wildman–Crippen MR) is 128 cm³/mol. The van der Waals surface area contributed by atoms with Crippen LogP contribution in [0, 0.1) is 12.8 Å². The second-order valence-corrected chi connectivity index (χ2v) is 8.79. The lowest BCUT2D eigenvalue weighted by atomic mass is 9.87. The molecule has 7 heteroatoms. The van der Waals surface area contributed by atoms with Gasteiger partial charge >= 0.3 is 5.97 Å². The number of pyridine rings is 2. The number of aryl methyl sites for hydroxylation is 1. The van der Waals surface area contributed by atoms with Gasteiger partial charge in [0.2, 0.25) is 0 Å². The van der Waals surface area contributed by atoms with Crippen LogP contribution in [0.5, 0.6) is 0 Å². The van der Waals surface area contributed by atoms with E-state index >= 15 is 0 Å². The molecule has 168 valence electrons. The zero-order chi connectivity index (χ0) is 22.8. The van der Waals surface area contributed by atoms with Crippen LogP contribution >= 0.6 is 0 Å². The van der Waals surface area contributed by atoms with Crippen LogP contribution in [0.1, 0.15) is 41.7 Å². The molecule has 3 N–H and O–H groups in total. The van der Waals surface area contributed by atoms with Crippen LogP contribution in [-0.4, -0.2) is 38.8 Å². The van der Waals surface area contributed by atoms with Crippen LogP contribution in [-0.2, 0) is 4.74 Å². The number of ether oxygens (including phenoxy) is 1. The van der Waals surface area contributed by atoms with Crippen molar-refractivity contribution in [2.45, 2.75) is 38.6 Å². The highest BCUT2D eigenvalue weighted by atomic mass is 16.5. The minimum absolute atomic E-state index is 0.280. The van der Waals surface area contributed by atoms with E-state index in [0.29, 0.717) is 18.1 Å². The first kappa shape index (κ1) is 21.3. The van der Waals surface area contributed by atoms with Crippen molar-refractivity contribution in [1.29, 1.82) is 0 Å². The van der Waals surface area contributed by atoms with Gasteiger partial charge in [-0.05, 0) is 74.4 Å². The molecule has 0 bridgehead atoms. The Kier molecular flexibility index (Phi) is 5.88. The van der Waals surface area contributed by atoms with Crippen molar-refractivity contribution in [3.63, 3.8) is 0 Å². The molecule has 0 radical (unpaired) electrons. The van der Waals surface area contributed by atoms with Crippen molar-refractivity contribution in [3.8, 4) is 22.5 Å². The van der Waals surface area contributed by atoms with Gasteiger partial charge in [0.25, 0.3) is 0 Å². The number of aromatic nitrogens is 4. The molecule has 0 unspecified atom stereocenters. The van der Waals surface area contributed by atoms with Gasteiger partial charge < -0.3 is 10.5 Å². The fraction of sp³-hybridized carbons (Fsp3) is 0.308. The van der Waals surface area contributed by atoms with Crippen LogP contribution in [0.4, 0.5) is 0 Å². The Balaban J connectivity index is 1.44. The minimum Gasteiger partial charge on any atom is -0.462 e. The quantitative estimate of drug-likeness (QED) is 0.436. The van der Waals surface area contributed by atoms with Crippen molar-refractivity contribution < 1.29 is 9.53 Å². The van der Waals surface area contributed by atoms with E-state index in [4.69, 9.17) is 10.5 Å². The summed E-state index contributed by atoms with van der Waals surface area (Å²) in [6.45, 7) is 2.39. The van der Waals surface area contributed by atoms with Gasteiger partial charge in [0.05, 0.1) is 35.3 Å². The molecule has 4 aromatic rings. The molecule has 3 heterocycles. The lowest BCUT2D eigenvalue weighted by molar-refractivity contribution is 0.0408. The number of hydrogen-bond donors (Lipinski definition) is 2. The van der Waals surface area contributed by atoms with Crippen molar-refractivity contribution in [2.75, 3.05) is 6.61 Å². The van der Waals surface area contributed by atoms with Gasteiger partial charge in [-0.25, -0.2) is 4.79 Å². The van der Waals surface area contributed by atoms with Gasteiger partial charge in [0.1, 0.15) is 0 Å². The van der Waals surface area contributed by atoms with E-state index in [1.165, 1.54) is 0 Å². The number of carbonyl (C=O) groups excluding carboxylic acids is 1. The highest BCUT2D eigenvalue weighted by Gasteiger charge is 2.21. The van der Waals surface area contributed by atoms with Crippen molar-refractivity contribution in [1.82, 2.24) is 20.2 Å². The highest BCUT2D eigenvalue weighted by Crippen LogP contribution is 2.32. The lowest BCUT2D eigenvalue weighted by Crippen LogP contribution is -2.28. The third-order valence-electron chi connectivity index (χ3n) is 6.40. The van der Waals surface area contributed by atoms with Crippen molar-refractivity contribution in [3.05, 3.63) is 66.1 Å². The summed E-state index contributed by atoms with van der Waals surface area (Å²) in [5.41, 5.74) is 11.7. The van der Waals surface area contributed by atoms with Gasteiger partial charge in [0, 0.05) is 28.9 Å². The summed E-state index contributed by atoms with van der Waals surface area (Å²) in [5.74, 6) is 0.0647. The van der Waals surface area contributed by atoms with Gasteiger partial charge in [-0.15, -0.1) is 0 Å². The number of rotatable bonds is 5. The molecule has 7 nitrogen and oxygen atoms in total. The van der Waals surface area contributed by atoms with E-state index in [2.05, 4.69) is 20.2 Å². The summed E-state index contributed by atoms with van der Waals surface area (Å²) in [6, 6.07) is 13.8. The van der Waals surface area contributed by atoms with E-state index in [1.807, 2.05) is 43.3 Å². The maximum absolute atomic E-state index is 13.0. The number of nitrogens with zero attached hydrogens (tertiary/aromatic N) is 3. The summed E-state index contributed by atoms with van der Waals surface area (Å²) in [4.78, 5) is 22.0.